The SMILES string of the molecule is COc1ccc(N2C=C(C#N)S(=O)(=O)c3ccc(F)cc32)cc1Cl. The largest absolute Gasteiger partial charge is 0.495 e. The highest BCUT2D eigenvalue weighted by Crippen LogP contribution is 2.41. The number of hydrogen-bond donors (Lipinski definition) is 0. The van der Waals surface area contributed by atoms with Gasteiger partial charge in [0.05, 0.1) is 22.7 Å². The number of methoxy groups -OCH3 is 1. The van der Waals surface area contributed by atoms with Gasteiger partial charge in [0.1, 0.15) is 17.6 Å². The number of halogens is 2. The van der Waals surface area contributed by atoms with E-state index in [0.29, 0.717) is 16.5 Å². The molecule has 0 spiro atoms. The third-order valence-electron chi connectivity index (χ3n) is 3.53. The van der Waals surface area contributed by atoms with Crippen molar-refractivity contribution >= 4 is 32.8 Å². The third-order valence-corrected chi connectivity index (χ3v) is 5.52. The number of fused-ring (bicyclic) bond motifs is 1. The average Bonchev–Trinajstić information content (AvgIpc) is 2.54. The van der Waals surface area contributed by atoms with Crippen molar-refractivity contribution in [3.63, 3.8) is 0 Å². The van der Waals surface area contributed by atoms with E-state index in [0.717, 1.165) is 24.4 Å². The number of ether oxygens (including phenoxy) is 1. The number of nitrogens with zero attached hydrogens (tertiary/aromatic N) is 2. The van der Waals surface area contributed by atoms with Crippen LogP contribution in [-0.2, 0) is 9.84 Å². The summed E-state index contributed by atoms with van der Waals surface area (Å²) in [6.07, 6.45) is 1.15. The molecule has 1 aliphatic rings. The molecule has 0 unspecified atom stereocenters. The van der Waals surface area contributed by atoms with E-state index >= 15 is 0 Å². The summed E-state index contributed by atoms with van der Waals surface area (Å²) in [5, 5.41) is 9.46. The molecular weight excluding hydrogens is 355 g/mol. The molecule has 5 nitrogen and oxygen atoms in total. The highest BCUT2D eigenvalue weighted by atomic mass is 35.5. The van der Waals surface area contributed by atoms with E-state index in [9.17, 15) is 12.8 Å². The van der Waals surface area contributed by atoms with Crippen molar-refractivity contribution in [2.24, 2.45) is 0 Å². The highest BCUT2D eigenvalue weighted by molar-refractivity contribution is 7.95. The van der Waals surface area contributed by atoms with Crippen LogP contribution in [0.3, 0.4) is 0 Å². The first-order valence-corrected chi connectivity index (χ1v) is 8.54. The molecular formula is C16H10ClFN2O3S. The minimum Gasteiger partial charge on any atom is -0.495 e. The van der Waals surface area contributed by atoms with Crippen molar-refractivity contribution in [2.45, 2.75) is 4.90 Å². The molecule has 0 aliphatic carbocycles. The van der Waals surface area contributed by atoms with Crippen LogP contribution in [0.1, 0.15) is 0 Å². The van der Waals surface area contributed by atoms with Gasteiger partial charge < -0.3 is 9.64 Å². The van der Waals surface area contributed by atoms with Gasteiger partial charge in [0.15, 0.2) is 4.91 Å². The van der Waals surface area contributed by atoms with Crippen LogP contribution in [0.5, 0.6) is 5.75 Å². The summed E-state index contributed by atoms with van der Waals surface area (Å²) in [6.45, 7) is 0. The van der Waals surface area contributed by atoms with Crippen molar-refractivity contribution in [1.82, 2.24) is 0 Å². The zero-order chi connectivity index (χ0) is 17.5. The third kappa shape index (κ3) is 2.50. The number of rotatable bonds is 2. The van der Waals surface area contributed by atoms with E-state index in [1.54, 1.807) is 24.3 Å². The van der Waals surface area contributed by atoms with Gasteiger partial charge in [-0.1, -0.05) is 11.6 Å². The lowest BCUT2D eigenvalue weighted by molar-refractivity contribution is 0.415. The Balaban J connectivity index is 2.27. The molecule has 24 heavy (non-hydrogen) atoms. The van der Waals surface area contributed by atoms with Gasteiger partial charge in [-0.15, -0.1) is 0 Å². The van der Waals surface area contributed by atoms with Gasteiger partial charge in [0.25, 0.3) is 0 Å². The number of nitriles is 1. The van der Waals surface area contributed by atoms with Gasteiger partial charge in [-0.25, -0.2) is 12.8 Å². The Hall–Kier alpha value is -2.56. The summed E-state index contributed by atoms with van der Waals surface area (Å²) in [5.74, 6) is -0.156. The first-order chi connectivity index (χ1) is 11.4. The van der Waals surface area contributed by atoms with Crippen molar-refractivity contribution in [1.29, 1.82) is 5.26 Å². The van der Waals surface area contributed by atoms with Gasteiger partial charge in [-0.2, -0.15) is 5.26 Å². The lowest BCUT2D eigenvalue weighted by atomic mass is 10.2. The molecule has 0 bridgehead atoms. The Kier molecular flexibility index (Phi) is 3.95. The predicted octanol–water partition coefficient (Wildman–Crippen LogP) is 3.78. The van der Waals surface area contributed by atoms with Crippen LogP contribution >= 0.6 is 11.6 Å². The summed E-state index contributed by atoms with van der Waals surface area (Å²) in [7, 11) is -2.51. The van der Waals surface area contributed by atoms with Crippen LogP contribution in [-0.4, -0.2) is 15.5 Å². The van der Waals surface area contributed by atoms with Gasteiger partial charge in [-0.05, 0) is 36.4 Å². The molecule has 0 saturated heterocycles. The second kappa shape index (κ2) is 5.82. The molecule has 0 N–H and O–H groups in total. The number of sulfone groups is 1. The van der Waals surface area contributed by atoms with E-state index in [1.807, 2.05) is 0 Å². The summed E-state index contributed by atoms with van der Waals surface area (Å²) < 4.78 is 43.5. The molecule has 0 radical (unpaired) electrons. The van der Waals surface area contributed by atoms with Crippen molar-refractivity contribution in [3.8, 4) is 11.8 Å². The van der Waals surface area contributed by atoms with Crippen molar-refractivity contribution in [2.75, 3.05) is 12.0 Å². The maximum Gasteiger partial charge on any atom is 0.220 e. The van der Waals surface area contributed by atoms with E-state index in [-0.39, 0.29) is 10.6 Å². The molecule has 2 aromatic carbocycles. The summed E-state index contributed by atoms with van der Waals surface area (Å²) in [5.41, 5.74) is 0.575. The lowest BCUT2D eigenvalue weighted by Crippen LogP contribution is -2.21. The van der Waals surface area contributed by atoms with Crippen LogP contribution in [0.2, 0.25) is 5.02 Å². The number of benzene rings is 2. The van der Waals surface area contributed by atoms with E-state index < -0.39 is 20.6 Å². The standard InChI is InChI=1S/C16H10ClFN2O3S/c1-23-15-4-3-11(7-13(15)17)20-9-12(8-19)24(21,22)16-5-2-10(18)6-14(16)20/h2-7,9H,1H3. The monoisotopic (exact) mass is 364 g/mol. The second-order valence-corrected chi connectivity index (χ2v) is 7.20. The van der Waals surface area contributed by atoms with E-state index in [1.165, 1.54) is 12.0 Å². The molecule has 1 aliphatic heterocycles. The fraction of sp³-hybridized carbons (Fsp3) is 0.0625. The predicted molar refractivity (Wildman–Crippen MR) is 87.4 cm³/mol. The molecule has 0 aromatic heterocycles. The highest BCUT2D eigenvalue weighted by Gasteiger charge is 2.32. The molecule has 0 fully saturated rings. The fourth-order valence-corrected chi connectivity index (χ4v) is 3.92. The zero-order valence-corrected chi connectivity index (χ0v) is 13.9. The Morgan fingerprint density at radius 3 is 2.62 bits per heavy atom. The molecule has 0 amide bonds. The van der Waals surface area contributed by atoms with Crippen LogP contribution in [0.25, 0.3) is 0 Å². The molecule has 2 aromatic rings. The fourth-order valence-electron chi connectivity index (χ4n) is 2.39. The minimum atomic E-state index is -3.98. The quantitative estimate of drug-likeness (QED) is 0.758. The van der Waals surface area contributed by atoms with Crippen molar-refractivity contribution in [3.05, 3.63) is 58.3 Å². The average molecular weight is 365 g/mol. The maximum atomic E-state index is 13.7. The number of anilines is 2. The topological polar surface area (TPSA) is 70.4 Å². The van der Waals surface area contributed by atoms with Gasteiger partial charge in [-0.3, -0.25) is 0 Å². The lowest BCUT2D eigenvalue weighted by Gasteiger charge is -2.27. The summed E-state index contributed by atoms with van der Waals surface area (Å²) >= 11 is 6.10. The summed E-state index contributed by atoms with van der Waals surface area (Å²) in [6, 6.07) is 9.70. The minimum absolute atomic E-state index is 0.107. The van der Waals surface area contributed by atoms with Gasteiger partial charge >= 0.3 is 0 Å². The van der Waals surface area contributed by atoms with Crippen LogP contribution in [0.15, 0.2) is 52.4 Å². The zero-order valence-electron chi connectivity index (χ0n) is 12.3. The van der Waals surface area contributed by atoms with Crippen LogP contribution < -0.4 is 9.64 Å². The first-order valence-electron chi connectivity index (χ1n) is 6.68. The number of allylic oxidation sites excluding steroid dienone is 1. The maximum absolute atomic E-state index is 13.7. The van der Waals surface area contributed by atoms with E-state index in [4.69, 9.17) is 21.6 Å². The normalized spacial score (nSPS) is 15.2. The van der Waals surface area contributed by atoms with Crippen LogP contribution in [0.4, 0.5) is 15.8 Å². The summed E-state index contributed by atoms with van der Waals surface area (Å²) in [4.78, 5) is 0.826. The second-order valence-electron chi connectivity index (χ2n) is 4.91. The Morgan fingerprint density at radius 1 is 1.25 bits per heavy atom. The molecule has 0 saturated carbocycles. The first kappa shape index (κ1) is 16.3. The van der Waals surface area contributed by atoms with Gasteiger partial charge in [0, 0.05) is 11.9 Å². The molecule has 3 rings (SSSR count). The van der Waals surface area contributed by atoms with Gasteiger partial charge in [0.2, 0.25) is 9.84 Å². The van der Waals surface area contributed by atoms with Crippen LogP contribution in [0, 0.1) is 17.1 Å². The molecule has 0 atom stereocenters. The number of hydrogen-bond acceptors (Lipinski definition) is 5. The Bertz CT molecular complexity index is 1010. The Morgan fingerprint density at radius 2 is 2.00 bits per heavy atom. The smallest absolute Gasteiger partial charge is 0.220 e. The molecule has 1 heterocycles. The molecule has 122 valence electrons. The Labute approximate surface area is 143 Å². The van der Waals surface area contributed by atoms with Crippen molar-refractivity contribution < 1.29 is 17.5 Å². The van der Waals surface area contributed by atoms with E-state index in [2.05, 4.69) is 0 Å². The molecule has 8 heteroatoms.